The number of thioether (sulfide) groups is 2. The Balaban J connectivity index is 1.95. The van der Waals surface area contributed by atoms with E-state index >= 15 is 0 Å². The highest BCUT2D eigenvalue weighted by Crippen LogP contribution is 2.47. The van der Waals surface area contributed by atoms with Crippen LogP contribution < -0.4 is 0 Å². The van der Waals surface area contributed by atoms with Crippen LogP contribution in [0, 0.1) is 0 Å². The Labute approximate surface area is 153 Å². The summed E-state index contributed by atoms with van der Waals surface area (Å²) in [6, 6.07) is 8.62. The summed E-state index contributed by atoms with van der Waals surface area (Å²) in [6.07, 6.45) is 1.81. The van der Waals surface area contributed by atoms with Crippen molar-refractivity contribution in [1.29, 1.82) is 0 Å². The molecule has 1 aliphatic heterocycles. The van der Waals surface area contributed by atoms with Gasteiger partial charge in [0.25, 0.3) is 0 Å². The minimum atomic E-state index is 0.174. The Kier molecular flexibility index (Phi) is 4.81. The van der Waals surface area contributed by atoms with Crippen molar-refractivity contribution in [2.24, 2.45) is 0 Å². The summed E-state index contributed by atoms with van der Waals surface area (Å²) >= 11 is 5.42. The predicted octanol–water partition coefficient (Wildman–Crippen LogP) is 4.65. The van der Waals surface area contributed by atoms with Gasteiger partial charge in [0.15, 0.2) is 0 Å². The van der Waals surface area contributed by atoms with Gasteiger partial charge in [0.1, 0.15) is 10.9 Å². The molecule has 3 aromatic rings. The van der Waals surface area contributed by atoms with Crippen LogP contribution in [0.25, 0.3) is 20.7 Å². The number of thiophene rings is 1. The molecule has 0 amide bonds. The number of aliphatic hydroxyl groups is 1. The van der Waals surface area contributed by atoms with E-state index in [4.69, 9.17) is 9.97 Å². The molecule has 0 spiro atoms. The van der Waals surface area contributed by atoms with Crippen LogP contribution in [0.4, 0.5) is 0 Å². The average molecular weight is 375 g/mol. The predicted molar refractivity (Wildman–Crippen MR) is 104 cm³/mol. The minimum Gasteiger partial charge on any atom is -0.396 e. The lowest BCUT2D eigenvalue weighted by Gasteiger charge is -2.12. The quantitative estimate of drug-likeness (QED) is 0.532. The summed E-state index contributed by atoms with van der Waals surface area (Å²) in [5.41, 5.74) is 2.37. The van der Waals surface area contributed by atoms with Crippen molar-refractivity contribution < 1.29 is 5.11 Å². The van der Waals surface area contributed by atoms with E-state index in [0.717, 1.165) is 35.1 Å². The summed E-state index contributed by atoms with van der Waals surface area (Å²) in [6.45, 7) is 2.27. The normalized spacial score (nSPS) is 13.6. The van der Waals surface area contributed by atoms with Crippen LogP contribution in [-0.2, 0) is 12.8 Å². The third kappa shape index (κ3) is 2.86. The Morgan fingerprint density at radius 1 is 1.25 bits per heavy atom. The summed E-state index contributed by atoms with van der Waals surface area (Å²) < 4.78 is 1.32. The Morgan fingerprint density at radius 3 is 2.96 bits per heavy atom. The van der Waals surface area contributed by atoms with E-state index in [1.54, 1.807) is 11.8 Å². The van der Waals surface area contributed by atoms with E-state index in [-0.39, 0.29) is 6.61 Å². The lowest BCUT2D eigenvalue weighted by molar-refractivity contribution is 0.322. The molecule has 3 nitrogen and oxygen atoms in total. The van der Waals surface area contributed by atoms with Gasteiger partial charge in [0, 0.05) is 38.5 Å². The molecule has 0 atom stereocenters. The monoisotopic (exact) mass is 374 g/mol. The maximum absolute atomic E-state index is 9.20. The zero-order valence-corrected chi connectivity index (χ0v) is 15.9. The summed E-state index contributed by atoms with van der Waals surface area (Å²) in [4.78, 5) is 12.3. The maximum atomic E-state index is 9.20. The van der Waals surface area contributed by atoms with E-state index in [1.807, 2.05) is 23.1 Å². The summed E-state index contributed by atoms with van der Waals surface area (Å²) in [7, 11) is 0. The number of rotatable bonds is 4. The Hall–Kier alpha value is -1.08. The molecule has 0 saturated carbocycles. The molecule has 0 bridgehead atoms. The fourth-order valence-corrected chi connectivity index (χ4v) is 6.30. The van der Waals surface area contributed by atoms with Gasteiger partial charge in [-0.25, -0.2) is 9.97 Å². The molecule has 2 aromatic heterocycles. The molecule has 24 heavy (non-hydrogen) atoms. The number of aliphatic hydroxyl groups excluding tert-OH is 1. The molecule has 124 valence electrons. The molecular weight excluding hydrogens is 356 g/mol. The molecule has 0 fully saturated rings. The van der Waals surface area contributed by atoms with Crippen LogP contribution in [-0.4, -0.2) is 33.2 Å². The fourth-order valence-electron chi connectivity index (χ4n) is 2.92. The SMILES string of the molecule is CCc1nc(SCCO)c2c(n1)-c1sc3ccccc3c1SCC2. The maximum Gasteiger partial charge on any atom is 0.130 e. The van der Waals surface area contributed by atoms with Gasteiger partial charge in [-0.2, -0.15) is 0 Å². The second-order valence-electron chi connectivity index (χ2n) is 5.55. The Morgan fingerprint density at radius 2 is 2.12 bits per heavy atom. The van der Waals surface area contributed by atoms with Crippen LogP contribution in [0.2, 0.25) is 0 Å². The average Bonchev–Trinajstić information content (AvgIpc) is 2.89. The second kappa shape index (κ2) is 7.04. The molecule has 0 unspecified atom stereocenters. The van der Waals surface area contributed by atoms with Crippen molar-refractivity contribution in [2.45, 2.75) is 29.7 Å². The number of hydrogen-bond acceptors (Lipinski definition) is 6. The smallest absolute Gasteiger partial charge is 0.130 e. The third-order valence-corrected chi connectivity index (χ3v) is 7.45. The van der Waals surface area contributed by atoms with Crippen LogP contribution in [0.15, 0.2) is 34.2 Å². The van der Waals surface area contributed by atoms with Crippen LogP contribution >= 0.6 is 34.9 Å². The van der Waals surface area contributed by atoms with E-state index in [1.165, 1.54) is 25.4 Å². The zero-order chi connectivity index (χ0) is 16.5. The second-order valence-corrected chi connectivity index (χ2v) is 8.79. The highest BCUT2D eigenvalue weighted by atomic mass is 32.2. The van der Waals surface area contributed by atoms with Crippen molar-refractivity contribution in [3.63, 3.8) is 0 Å². The Bertz CT molecular complexity index is 891. The largest absolute Gasteiger partial charge is 0.396 e. The lowest BCUT2D eigenvalue weighted by atomic mass is 10.1. The van der Waals surface area contributed by atoms with Gasteiger partial charge in [0.05, 0.1) is 17.2 Å². The first-order chi connectivity index (χ1) is 11.8. The van der Waals surface area contributed by atoms with Gasteiger partial charge >= 0.3 is 0 Å². The van der Waals surface area contributed by atoms with E-state index in [2.05, 4.69) is 31.2 Å². The highest BCUT2D eigenvalue weighted by Gasteiger charge is 2.24. The van der Waals surface area contributed by atoms with Crippen molar-refractivity contribution in [3.05, 3.63) is 35.7 Å². The first-order valence-electron chi connectivity index (χ1n) is 8.10. The molecular formula is C18H18N2OS3. The van der Waals surface area contributed by atoms with Gasteiger partial charge in [-0.3, -0.25) is 0 Å². The van der Waals surface area contributed by atoms with Crippen LogP contribution in [0.3, 0.4) is 0 Å². The topological polar surface area (TPSA) is 46.0 Å². The van der Waals surface area contributed by atoms with Gasteiger partial charge in [-0.1, -0.05) is 25.1 Å². The van der Waals surface area contributed by atoms with Crippen molar-refractivity contribution in [3.8, 4) is 10.6 Å². The molecule has 4 rings (SSSR count). The van der Waals surface area contributed by atoms with Crippen molar-refractivity contribution >= 4 is 44.9 Å². The summed E-state index contributed by atoms with van der Waals surface area (Å²) in [5.74, 6) is 2.62. The van der Waals surface area contributed by atoms with Crippen molar-refractivity contribution in [1.82, 2.24) is 9.97 Å². The summed E-state index contributed by atoms with van der Waals surface area (Å²) in [5, 5.41) is 11.6. The van der Waals surface area contributed by atoms with Gasteiger partial charge in [0.2, 0.25) is 0 Å². The first kappa shape index (κ1) is 16.4. The van der Waals surface area contributed by atoms with Gasteiger partial charge in [-0.05, 0) is 12.5 Å². The number of hydrogen-bond donors (Lipinski definition) is 1. The molecule has 3 heterocycles. The molecule has 6 heteroatoms. The minimum absolute atomic E-state index is 0.174. The molecule has 1 N–H and O–H groups in total. The molecule has 0 aliphatic carbocycles. The first-order valence-corrected chi connectivity index (χ1v) is 10.9. The van der Waals surface area contributed by atoms with Crippen LogP contribution in [0.5, 0.6) is 0 Å². The van der Waals surface area contributed by atoms with Crippen LogP contribution in [0.1, 0.15) is 18.3 Å². The van der Waals surface area contributed by atoms with Gasteiger partial charge in [-0.15, -0.1) is 34.9 Å². The van der Waals surface area contributed by atoms with Crippen molar-refractivity contribution in [2.75, 3.05) is 18.1 Å². The van der Waals surface area contributed by atoms with E-state index in [0.29, 0.717) is 5.75 Å². The number of benzene rings is 1. The van der Waals surface area contributed by atoms with Gasteiger partial charge < -0.3 is 5.11 Å². The number of aryl methyl sites for hydroxylation is 1. The number of nitrogens with zero attached hydrogens (tertiary/aromatic N) is 2. The lowest BCUT2D eigenvalue weighted by Crippen LogP contribution is -2.04. The highest BCUT2D eigenvalue weighted by molar-refractivity contribution is 8.00. The fraction of sp³-hybridized carbons (Fsp3) is 0.333. The molecule has 0 saturated heterocycles. The standard InChI is InChI=1S/C18H18N2OS3/c1-2-14-19-15-12(18(20-14)23-10-8-21)7-9-22-16-11-5-3-4-6-13(11)24-17(15)16/h3-6,21H,2,7-10H2,1H3. The molecule has 1 aromatic carbocycles. The molecule has 1 aliphatic rings. The number of fused-ring (bicyclic) bond motifs is 5. The zero-order valence-electron chi connectivity index (χ0n) is 13.4. The molecule has 0 radical (unpaired) electrons. The van der Waals surface area contributed by atoms with E-state index in [9.17, 15) is 5.11 Å². The van der Waals surface area contributed by atoms with E-state index < -0.39 is 0 Å². The third-order valence-electron chi connectivity index (χ3n) is 4.03. The number of aromatic nitrogens is 2.